The first kappa shape index (κ1) is 18.0. The second-order valence-electron chi connectivity index (χ2n) is 6.19. The molecule has 0 aliphatic carbocycles. The number of fused-ring (bicyclic) bond motifs is 2. The van der Waals surface area contributed by atoms with Gasteiger partial charge in [0.15, 0.2) is 11.4 Å². The van der Waals surface area contributed by atoms with Crippen molar-refractivity contribution in [3.63, 3.8) is 0 Å². The Morgan fingerprint density at radius 3 is 2.89 bits per heavy atom. The molecule has 0 radical (unpaired) electrons. The maximum absolute atomic E-state index is 13.0. The molecule has 3 aromatic rings. The molecule has 9 heteroatoms. The number of para-hydroxylation sites is 1. The third-order valence-corrected chi connectivity index (χ3v) is 6.83. The zero-order valence-corrected chi connectivity index (χ0v) is 16.8. The van der Waals surface area contributed by atoms with Crippen LogP contribution in [0.5, 0.6) is 0 Å². The predicted molar refractivity (Wildman–Crippen MR) is 105 cm³/mol. The summed E-state index contributed by atoms with van der Waals surface area (Å²) < 4.78 is 34.0. The van der Waals surface area contributed by atoms with Crippen LogP contribution in [0.3, 0.4) is 0 Å². The maximum atomic E-state index is 13.0. The molecule has 0 saturated carbocycles. The lowest BCUT2D eigenvalue weighted by atomic mass is 10.2. The van der Waals surface area contributed by atoms with Crippen LogP contribution in [0.4, 0.5) is 11.5 Å². The molecule has 0 bridgehead atoms. The van der Waals surface area contributed by atoms with Gasteiger partial charge in [0.25, 0.3) is 10.0 Å². The molecule has 0 atom stereocenters. The third kappa shape index (κ3) is 3.10. The van der Waals surface area contributed by atoms with Crippen LogP contribution in [0.15, 0.2) is 50.3 Å². The number of hydrogen-bond donors (Lipinski definition) is 1. The van der Waals surface area contributed by atoms with Crippen molar-refractivity contribution in [2.75, 3.05) is 16.2 Å². The van der Waals surface area contributed by atoms with Crippen molar-refractivity contribution in [3.8, 4) is 0 Å². The molecule has 27 heavy (non-hydrogen) atoms. The number of carbonyl (C=O) groups excluding carboxylic acids is 1. The number of nitrogens with zero attached hydrogens (tertiary/aromatic N) is 2. The summed E-state index contributed by atoms with van der Waals surface area (Å²) in [7, 11) is -3.94. The van der Waals surface area contributed by atoms with Crippen LogP contribution >= 0.6 is 15.9 Å². The van der Waals surface area contributed by atoms with E-state index in [4.69, 9.17) is 4.52 Å². The summed E-state index contributed by atoms with van der Waals surface area (Å²) in [6.07, 6.45) is 1.06. The molecule has 1 N–H and O–H groups in total. The molecule has 1 aliphatic rings. The number of carbonyl (C=O) groups is 1. The van der Waals surface area contributed by atoms with E-state index in [0.29, 0.717) is 40.5 Å². The Bertz CT molecular complexity index is 1160. The SMILES string of the molecule is CCC(=O)N1CCc2cc(Br)c(S(=O)(=O)Nc3noc4ccccc34)cc21. The summed E-state index contributed by atoms with van der Waals surface area (Å²) in [5.41, 5.74) is 2.06. The van der Waals surface area contributed by atoms with Crippen LogP contribution in [0, 0.1) is 0 Å². The minimum Gasteiger partial charge on any atom is -0.354 e. The van der Waals surface area contributed by atoms with Crippen molar-refractivity contribution in [2.24, 2.45) is 0 Å². The Balaban J connectivity index is 1.75. The lowest BCUT2D eigenvalue weighted by Gasteiger charge is -2.18. The van der Waals surface area contributed by atoms with Crippen molar-refractivity contribution >= 4 is 54.3 Å². The number of benzene rings is 2. The van der Waals surface area contributed by atoms with Crippen LogP contribution < -0.4 is 9.62 Å². The van der Waals surface area contributed by atoms with E-state index >= 15 is 0 Å². The number of sulfonamides is 1. The number of rotatable bonds is 4. The lowest BCUT2D eigenvalue weighted by Crippen LogP contribution is -2.28. The number of hydrogen-bond acceptors (Lipinski definition) is 5. The molecular weight excluding hydrogens is 434 g/mol. The van der Waals surface area contributed by atoms with E-state index in [1.807, 2.05) is 0 Å². The number of halogens is 1. The monoisotopic (exact) mass is 449 g/mol. The average Bonchev–Trinajstić information content (AvgIpc) is 3.24. The van der Waals surface area contributed by atoms with Gasteiger partial charge in [0.1, 0.15) is 4.90 Å². The van der Waals surface area contributed by atoms with Crippen LogP contribution in [0.2, 0.25) is 0 Å². The van der Waals surface area contributed by atoms with E-state index in [-0.39, 0.29) is 16.6 Å². The van der Waals surface area contributed by atoms with Gasteiger partial charge < -0.3 is 9.42 Å². The highest BCUT2D eigenvalue weighted by Crippen LogP contribution is 2.36. The summed E-state index contributed by atoms with van der Waals surface area (Å²) in [6, 6.07) is 10.3. The fourth-order valence-corrected chi connectivity index (χ4v) is 5.31. The van der Waals surface area contributed by atoms with Crippen molar-refractivity contribution < 1.29 is 17.7 Å². The Morgan fingerprint density at radius 1 is 1.33 bits per heavy atom. The fraction of sp³-hybridized carbons (Fsp3) is 0.222. The van der Waals surface area contributed by atoms with Gasteiger partial charge in [0.2, 0.25) is 5.91 Å². The molecule has 0 unspecified atom stereocenters. The second kappa shape index (κ2) is 6.65. The summed E-state index contributed by atoms with van der Waals surface area (Å²) >= 11 is 3.35. The van der Waals surface area contributed by atoms with Gasteiger partial charge in [-0.15, -0.1) is 0 Å². The van der Waals surface area contributed by atoms with E-state index in [1.54, 1.807) is 42.2 Å². The Labute approximate surface area is 164 Å². The molecule has 4 rings (SSSR count). The second-order valence-corrected chi connectivity index (χ2v) is 8.70. The predicted octanol–water partition coefficient (Wildman–Crippen LogP) is 3.69. The highest BCUT2D eigenvalue weighted by atomic mass is 79.9. The van der Waals surface area contributed by atoms with Crippen LogP contribution in [0.25, 0.3) is 11.0 Å². The normalized spacial score (nSPS) is 13.8. The zero-order chi connectivity index (χ0) is 19.2. The molecule has 140 valence electrons. The molecule has 1 aromatic heterocycles. The smallest absolute Gasteiger partial charge is 0.264 e. The van der Waals surface area contributed by atoms with Crippen LogP contribution in [-0.4, -0.2) is 26.0 Å². The van der Waals surface area contributed by atoms with Gasteiger partial charge in [-0.1, -0.05) is 24.2 Å². The molecule has 2 heterocycles. The van der Waals surface area contributed by atoms with E-state index in [1.165, 1.54) is 6.07 Å². The lowest BCUT2D eigenvalue weighted by molar-refractivity contribution is -0.118. The number of amides is 1. The number of anilines is 2. The molecule has 0 fully saturated rings. The Hall–Kier alpha value is -2.39. The summed E-state index contributed by atoms with van der Waals surface area (Å²) in [6.45, 7) is 2.34. The highest BCUT2D eigenvalue weighted by Gasteiger charge is 2.29. The topological polar surface area (TPSA) is 92.5 Å². The van der Waals surface area contributed by atoms with Gasteiger partial charge in [-0.25, -0.2) is 8.42 Å². The van der Waals surface area contributed by atoms with E-state index in [2.05, 4.69) is 25.8 Å². The van der Waals surface area contributed by atoms with Gasteiger partial charge >= 0.3 is 0 Å². The molecule has 7 nitrogen and oxygen atoms in total. The highest BCUT2D eigenvalue weighted by molar-refractivity contribution is 9.10. The minimum absolute atomic E-state index is 0.0325. The van der Waals surface area contributed by atoms with Gasteiger partial charge in [0.05, 0.1) is 5.39 Å². The van der Waals surface area contributed by atoms with Gasteiger partial charge in [-0.3, -0.25) is 9.52 Å². The van der Waals surface area contributed by atoms with E-state index in [0.717, 1.165) is 5.56 Å². The molecule has 0 spiro atoms. The fourth-order valence-electron chi connectivity index (χ4n) is 3.19. The number of aromatic nitrogens is 1. The third-order valence-electron chi connectivity index (χ3n) is 4.53. The zero-order valence-electron chi connectivity index (χ0n) is 14.4. The molecule has 2 aromatic carbocycles. The van der Waals surface area contributed by atoms with Gasteiger partial charge in [0, 0.05) is 23.1 Å². The van der Waals surface area contributed by atoms with E-state index in [9.17, 15) is 13.2 Å². The summed E-state index contributed by atoms with van der Waals surface area (Å²) in [4.78, 5) is 13.8. The first-order valence-corrected chi connectivity index (χ1v) is 10.7. The molecule has 0 saturated heterocycles. The minimum atomic E-state index is -3.94. The Morgan fingerprint density at radius 2 is 2.11 bits per heavy atom. The maximum Gasteiger partial charge on any atom is 0.264 e. The molecule has 1 amide bonds. The Kier molecular flexibility index (Phi) is 4.43. The first-order chi connectivity index (χ1) is 12.9. The van der Waals surface area contributed by atoms with Gasteiger partial charge in [-0.2, -0.15) is 0 Å². The van der Waals surface area contributed by atoms with Crippen molar-refractivity contribution in [2.45, 2.75) is 24.7 Å². The number of nitrogens with one attached hydrogen (secondary N) is 1. The van der Waals surface area contributed by atoms with Crippen molar-refractivity contribution in [1.29, 1.82) is 0 Å². The summed E-state index contributed by atoms with van der Waals surface area (Å²) in [5.74, 6) is 0.0920. The van der Waals surface area contributed by atoms with E-state index < -0.39 is 10.0 Å². The average molecular weight is 450 g/mol. The standard InChI is InChI=1S/C18H16BrN3O4S/c1-2-17(23)22-8-7-11-9-13(19)16(10-14(11)22)27(24,25)21-18-12-5-3-4-6-15(12)26-20-18/h3-6,9-10H,2,7-8H2,1H3,(H,20,21). The first-order valence-electron chi connectivity index (χ1n) is 8.40. The van der Waals surface area contributed by atoms with Crippen molar-refractivity contribution in [3.05, 3.63) is 46.4 Å². The van der Waals surface area contributed by atoms with Crippen LogP contribution in [-0.2, 0) is 21.2 Å². The van der Waals surface area contributed by atoms with Crippen LogP contribution in [0.1, 0.15) is 18.9 Å². The van der Waals surface area contributed by atoms with Crippen molar-refractivity contribution in [1.82, 2.24) is 5.16 Å². The molecular formula is C18H16BrN3O4S. The quantitative estimate of drug-likeness (QED) is 0.655. The summed E-state index contributed by atoms with van der Waals surface area (Å²) in [5, 5.41) is 4.39. The van der Waals surface area contributed by atoms with Gasteiger partial charge in [-0.05, 0) is 52.2 Å². The molecule has 1 aliphatic heterocycles. The largest absolute Gasteiger partial charge is 0.354 e.